The molecular formula is C48H77N7O7. The molecule has 0 spiro atoms. The van der Waals surface area contributed by atoms with Crippen molar-refractivity contribution >= 4 is 35.2 Å². The highest BCUT2D eigenvalue weighted by atomic mass is 16.5. The van der Waals surface area contributed by atoms with Gasteiger partial charge >= 0.3 is 0 Å². The minimum Gasteiger partial charge on any atom is -0.399 e. The first-order valence-electron chi connectivity index (χ1n) is 22.4. The molecule has 1 unspecified atom stereocenters. The Morgan fingerprint density at radius 1 is 0.823 bits per heavy atom. The number of nitrogens with one attached hydrogen (secondary N) is 3. The minimum absolute atomic E-state index is 0.00994. The molecule has 346 valence electrons. The van der Waals surface area contributed by atoms with Crippen molar-refractivity contribution in [2.24, 2.45) is 23.7 Å². The van der Waals surface area contributed by atoms with Crippen LogP contribution in [0.15, 0.2) is 54.6 Å². The van der Waals surface area contributed by atoms with Crippen molar-refractivity contribution in [3.63, 3.8) is 0 Å². The number of rotatable bonds is 24. The summed E-state index contributed by atoms with van der Waals surface area (Å²) < 4.78 is 12.1. The molecule has 2 aromatic rings. The number of carbonyl (C=O) groups is 5. The van der Waals surface area contributed by atoms with Crippen LogP contribution in [0, 0.1) is 23.7 Å². The van der Waals surface area contributed by atoms with Gasteiger partial charge in [0.05, 0.1) is 42.7 Å². The van der Waals surface area contributed by atoms with E-state index < -0.39 is 42.3 Å². The van der Waals surface area contributed by atoms with E-state index in [0.29, 0.717) is 31.6 Å². The number of benzene rings is 2. The van der Waals surface area contributed by atoms with E-state index in [1.54, 1.807) is 50.1 Å². The van der Waals surface area contributed by atoms with Crippen LogP contribution in [0.2, 0.25) is 0 Å². The highest BCUT2D eigenvalue weighted by molar-refractivity contribution is 5.90. The molecule has 0 radical (unpaired) electrons. The first-order valence-corrected chi connectivity index (χ1v) is 22.4. The van der Waals surface area contributed by atoms with Crippen LogP contribution in [0.25, 0.3) is 0 Å². The smallest absolute Gasteiger partial charge is 0.245 e. The fourth-order valence-corrected chi connectivity index (χ4v) is 8.95. The molecule has 14 heteroatoms. The van der Waals surface area contributed by atoms with Crippen molar-refractivity contribution in [1.29, 1.82) is 0 Å². The van der Waals surface area contributed by atoms with Crippen LogP contribution in [0.1, 0.15) is 91.7 Å². The Bertz CT molecular complexity index is 1720. The minimum atomic E-state index is -0.775. The lowest BCUT2D eigenvalue weighted by Gasteiger charge is -2.41. The number of anilines is 1. The van der Waals surface area contributed by atoms with Crippen molar-refractivity contribution in [1.82, 2.24) is 30.7 Å². The Balaban J connectivity index is 1.77. The molecule has 1 aliphatic heterocycles. The number of methoxy groups -OCH3 is 2. The van der Waals surface area contributed by atoms with Crippen LogP contribution < -0.4 is 21.7 Å². The molecule has 5 N–H and O–H groups in total. The van der Waals surface area contributed by atoms with E-state index in [9.17, 15) is 24.0 Å². The fourth-order valence-electron chi connectivity index (χ4n) is 8.95. The maximum Gasteiger partial charge on any atom is 0.245 e. The molecule has 14 nitrogen and oxygen atoms in total. The summed E-state index contributed by atoms with van der Waals surface area (Å²) in [6.07, 6.45) is 1.37. The summed E-state index contributed by atoms with van der Waals surface area (Å²) in [5.41, 5.74) is 8.36. The van der Waals surface area contributed by atoms with E-state index in [1.165, 1.54) is 0 Å². The van der Waals surface area contributed by atoms with Crippen LogP contribution in [0.3, 0.4) is 0 Å². The van der Waals surface area contributed by atoms with E-state index in [-0.39, 0.29) is 66.2 Å². The topological polar surface area (TPSA) is 176 Å². The third-order valence-electron chi connectivity index (χ3n) is 12.5. The number of likely N-dealkylation sites (tertiary alicyclic amines) is 1. The normalized spacial score (nSPS) is 18.0. The molecule has 1 heterocycles. The van der Waals surface area contributed by atoms with E-state index in [0.717, 1.165) is 24.0 Å². The van der Waals surface area contributed by atoms with Crippen molar-refractivity contribution in [3.05, 3.63) is 65.7 Å². The van der Waals surface area contributed by atoms with Crippen LogP contribution >= 0.6 is 0 Å². The summed E-state index contributed by atoms with van der Waals surface area (Å²) in [4.78, 5) is 74.9. The Hall–Kier alpha value is -4.53. The third kappa shape index (κ3) is 14.5. The summed E-state index contributed by atoms with van der Waals surface area (Å²) >= 11 is 0. The van der Waals surface area contributed by atoms with Gasteiger partial charge in [-0.05, 0) is 74.4 Å². The van der Waals surface area contributed by atoms with Gasteiger partial charge in [0.25, 0.3) is 0 Å². The number of carbonyl (C=O) groups excluding carboxylic acids is 5. The van der Waals surface area contributed by atoms with Crippen molar-refractivity contribution in [2.75, 3.05) is 47.6 Å². The number of amides is 5. The van der Waals surface area contributed by atoms with Gasteiger partial charge in [-0.3, -0.25) is 28.9 Å². The number of ether oxygens (including phenoxy) is 2. The maximum atomic E-state index is 14.4. The second-order valence-electron chi connectivity index (χ2n) is 18.1. The van der Waals surface area contributed by atoms with Gasteiger partial charge < -0.3 is 41.0 Å². The van der Waals surface area contributed by atoms with Crippen molar-refractivity contribution in [3.8, 4) is 0 Å². The molecule has 1 aliphatic rings. The van der Waals surface area contributed by atoms with E-state index in [1.807, 2.05) is 103 Å². The van der Waals surface area contributed by atoms with E-state index in [4.69, 9.17) is 15.2 Å². The van der Waals surface area contributed by atoms with Gasteiger partial charge in [-0.25, -0.2) is 0 Å². The molecule has 1 fully saturated rings. The summed E-state index contributed by atoms with van der Waals surface area (Å²) in [6, 6.07) is 14.5. The fraction of sp³-hybridized carbons (Fsp3) is 0.646. The lowest BCUT2D eigenvalue weighted by molar-refractivity contribution is -0.148. The lowest BCUT2D eigenvalue weighted by Crippen LogP contribution is -2.59. The van der Waals surface area contributed by atoms with Gasteiger partial charge in [-0.2, -0.15) is 0 Å². The molecule has 0 aliphatic carbocycles. The molecule has 5 amide bonds. The number of hydrogen-bond acceptors (Lipinski definition) is 9. The van der Waals surface area contributed by atoms with Gasteiger partial charge in [0.2, 0.25) is 29.5 Å². The number of nitrogens with two attached hydrogens (primary N) is 1. The number of nitrogen functional groups attached to an aromatic ring is 1. The molecule has 0 aromatic heterocycles. The average molecular weight is 864 g/mol. The van der Waals surface area contributed by atoms with Gasteiger partial charge in [0.15, 0.2) is 0 Å². The molecule has 3 rings (SSSR count). The third-order valence-corrected chi connectivity index (χ3v) is 12.5. The Labute approximate surface area is 371 Å². The van der Waals surface area contributed by atoms with Crippen molar-refractivity contribution in [2.45, 2.75) is 136 Å². The second-order valence-corrected chi connectivity index (χ2v) is 18.1. The van der Waals surface area contributed by atoms with Gasteiger partial charge in [0, 0.05) is 52.5 Å². The molecule has 62 heavy (non-hydrogen) atoms. The van der Waals surface area contributed by atoms with Gasteiger partial charge in [-0.1, -0.05) is 97.4 Å². The highest BCUT2D eigenvalue weighted by Gasteiger charge is 2.43. The number of nitrogens with zero attached hydrogens (tertiary/aromatic N) is 3. The van der Waals surface area contributed by atoms with Crippen LogP contribution in [0.5, 0.6) is 0 Å². The SMILES string of the molecule is CC[C@H](C)[C@@H]([C@@H](CC(=O)N1CCC[C@H]1[C@H](OC)[C@@H](C)C(=O)N[C@H](CC(=O)NCc1ccc(N)cc1)Cc1ccccc1)OC)N(C)C(=O)C(NC(=O)[C@H](C(C)C)N(C)C)C(C)C. The Kier molecular flexibility index (Phi) is 20.8. The summed E-state index contributed by atoms with van der Waals surface area (Å²) in [6.45, 7) is 14.5. The van der Waals surface area contributed by atoms with Gasteiger partial charge in [0.1, 0.15) is 6.04 Å². The predicted octanol–water partition coefficient (Wildman–Crippen LogP) is 4.65. The molecule has 0 bridgehead atoms. The van der Waals surface area contributed by atoms with Crippen LogP contribution in [0.4, 0.5) is 5.69 Å². The molecule has 9 atom stereocenters. The standard InChI is InChI=1S/C48H77N7O7/c1-13-32(6)44(54(10)48(60)42(30(2)3)52-47(59)43(31(4)5)53(8)9)39(61-11)28-41(57)55-25-17-20-38(55)45(62-12)33(7)46(58)51-37(26-34-18-15-14-16-19-34)27-40(56)50-29-35-21-23-36(49)24-22-35/h14-16,18-19,21-24,30-33,37-39,42-45H,13,17,20,25-29,49H2,1-12H3,(H,50,56)(H,51,58)(H,52,59)/t32-,33+,37-,38-,39+,42?,43-,44-,45+/m0/s1. The summed E-state index contributed by atoms with van der Waals surface area (Å²) in [5.74, 6) is -1.91. The van der Waals surface area contributed by atoms with Crippen molar-refractivity contribution < 1.29 is 33.4 Å². The lowest BCUT2D eigenvalue weighted by atomic mass is 9.89. The average Bonchev–Trinajstić information content (AvgIpc) is 3.71. The number of hydrogen-bond donors (Lipinski definition) is 4. The van der Waals surface area contributed by atoms with Gasteiger partial charge in [-0.15, -0.1) is 0 Å². The highest BCUT2D eigenvalue weighted by Crippen LogP contribution is 2.30. The second kappa shape index (κ2) is 24.9. The first-order chi connectivity index (χ1) is 29.3. The Morgan fingerprint density at radius 3 is 2.02 bits per heavy atom. The maximum absolute atomic E-state index is 14.4. The summed E-state index contributed by atoms with van der Waals surface area (Å²) in [5, 5.41) is 9.15. The molecule has 2 aromatic carbocycles. The zero-order chi connectivity index (χ0) is 46.3. The predicted molar refractivity (Wildman–Crippen MR) is 245 cm³/mol. The zero-order valence-electron chi connectivity index (χ0n) is 39.5. The Morgan fingerprint density at radius 2 is 1.47 bits per heavy atom. The molecule has 0 saturated carbocycles. The van der Waals surface area contributed by atoms with Crippen LogP contribution in [-0.4, -0.2) is 129 Å². The molecule has 1 saturated heterocycles. The van der Waals surface area contributed by atoms with E-state index >= 15 is 0 Å². The zero-order valence-corrected chi connectivity index (χ0v) is 39.5. The van der Waals surface area contributed by atoms with Crippen LogP contribution in [-0.2, 0) is 46.4 Å². The largest absolute Gasteiger partial charge is 0.399 e. The molecular weight excluding hydrogens is 787 g/mol. The quantitative estimate of drug-likeness (QED) is 0.110. The number of likely N-dealkylation sites (N-methyl/N-ethyl adjacent to an activating group) is 2. The summed E-state index contributed by atoms with van der Waals surface area (Å²) in [7, 11) is 8.57. The monoisotopic (exact) mass is 864 g/mol. The van der Waals surface area contributed by atoms with E-state index in [2.05, 4.69) is 16.0 Å². The first kappa shape index (κ1) is 51.8.